The summed E-state index contributed by atoms with van der Waals surface area (Å²) in [6.07, 6.45) is 3.68. The molecule has 0 radical (unpaired) electrons. The van der Waals surface area contributed by atoms with Crippen molar-refractivity contribution in [3.05, 3.63) is 47.5 Å². The minimum atomic E-state index is 0.355. The third kappa shape index (κ3) is 2.39. The summed E-state index contributed by atoms with van der Waals surface area (Å²) in [7, 11) is 0. The lowest BCUT2D eigenvalue weighted by molar-refractivity contribution is 0.775. The molecule has 0 bridgehead atoms. The zero-order valence-electron chi connectivity index (χ0n) is 9.31. The molecule has 82 valence electrons. The van der Waals surface area contributed by atoms with Gasteiger partial charge < -0.3 is 0 Å². The summed E-state index contributed by atoms with van der Waals surface area (Å²) in [4.78, 5) is 8.66. The van der Waals surface area contributed by atoms with Gasteiger partial charge in [-0.2, -0.15) is 0 Å². The molecule has 0 unspecified atom stereocenters. The standard InChI is InChI=1S/C13H13ClN2/c1-9(2)13-15-7-11(8-16-13)10-4-3-5-12(14)6-10/h3-9H,1-2H3. The Balaban J connectivity index is 2.35. The van der Waals surface area contributed by atoms with Crippen molar-refractivity contribution in [3.63, 3.8) is 0 Å². The minimum Gasteiger partial charge on any atom is -0.240 e. The van der Waals surface area contributed by atoms with E-state index in [-0.39, 0.29) is 0 Å². The quantitative estimate of drug-likeness (QED) is 0.784. The highest BCUT2D eigenvalue weighted by Gasteiger charge is 2.03. The van der Waals surface area contributed by atoms with Gasteiger partial charge in [0.25, 0.3) is 0 Å². The van der Waals surface area contributed by atoms with Gasteiger partial charge in [0.05, 0.1) is 0 Å². The fourth-order valence-electron chi connectivity index (χ4n) is 1.45. The maximum absolute atomic E-state index is 5.94. The van der Waals surface area contributed by atoms with Crippen LogP contribution in [0.25, 0.3) is 11.1 Å². The lowest BCUT2D eigenvalue weighted by Crippen LogP contribution is -1.96. The fourth-order valence-corrected chi connectivity index (χ4v) is 1.64. The summed E-state index contributed by atoms with van der Waals surface area (Å²) in [5.41, 5.74) is 2.04. The monoisotopic (exact) mass is 232 g/mol. The van der Waals surface area contributed by atoms with Gasteiger partial charge in [-0.1, -0.05) is 37.6 Å². The Bertz CT molecular complexity index is 478. The van der Waals surface area contributed by atoms with Crippen LogP contribution in [-0.4, -0.2) is 9.97 Å². The van der Waals surface area contributed by atoms with E-state index in [4.69, 9.17) is 11.6 Å². The van der Waals surface area contributed by atoms with E-state index in [0.29, 0.717) is 5.92 Å². The van der Waals surface area contributed by atoms with Crippen LogP contribution in [0.2, 0.25) is 5.02 Å². The molecule has 0 fully saturated rings. The largest absolute Gasteiger partial charge is 0.240 e. The van der Waals surface area contributed by atoms with Crippen molar-refractivity contribution in [3.8, 4) is 11.1 Å². The number of benzene rings is 1. The van der Waals surface area contributed by atoms with Gasteiger partial charge >= 0.3 is 0 Å². The predicted octanol–water partition coefficient (Wildman–Crippen LogP) is 3.92. The lowest BCUT2D eigenvalue weighted by atomic mass is 10.1. The van der Waals surface area contributed by atoms with Crippen LogP contribution in [0.1, 0.15) is 25.6 Å². The molecule has 0 saturated carbocycles. The molecule has 0 aliphatic rings. The topological polar surface area (TPSA) is 25.8 Å². The van der Waals surface area contributed by atoms with Crippen LogP contribution in [0.15, 0.2) is 36.7 Å². The van der Waals surface area contributed by atoms with E-state index in [9.17, 15) is 0 Å². The number of aromatic nitrogens is 2. The van der Waals surface area contributed by atoms with Gasteiger partial charge in [-0.3, -0.25) is 0 Å². The van der Waals surface area contributed by atoms with E-state index in [0.717, 1.165) is 22.0 Å². The summed E-state index contributed by atoms with van der Waals surface area (Å²) < 4.78 is 0. The van der Waals surface area contributed by atoms with Crippen LogP contribution in [0, 0.1) is 0 Å². The minimum absolute atomic E-state index is 0.355. The first-order valence-electron chi connectivity index (χ1n) is 5.24. The average molecular weight is 233 g/mol. The molecule has 1 aromatic heterocycles. The summed E-state index contributed by atoms with van der Waals surface area (Å²) >= 11 is 5.94. The Labute approximate surface area is 100 Å². The molecular weight excluding hydrogens is 220 g/mol. The van der Waals surface area contributed by atoms with E-state index < -0.39 is 0 Å². The normalized spacial score (nSPS) is 10.8. The third-order valence-corrected chi connectivity index (χ3v) is 2.58. The van der Waals surface area contributed by atoms with E-state index >= 15 is 0 Å². The van der Waals surface area contributed by atoms with E-state index in [1.165, 1.54) is 0 Å². The first-order valence-corrected chi connectivity index (χ1v) is 5.62. The third-order valence-electron chi connectivity index (χ3n) is 2.35. The molecule has 0 aliphatic carbocycles. The highest BCUT2D eigenvalue weighted by atomic mass is 35.5. The van der Waals surface area contributed by atoms with Gasteiger partial charge in [-0.05, 0) is 17.7 Å². The Morgan fingerprint density at radius 1 is 1.06 bits per heavy atom. The predicted molar refractivity (Wildman–Crippen MR) is 66.6 cm³/mol. The molecule has 1 heterocycles. The summed E-state index contributed by atoms with van der Waals surface area (Å²) in [5.74, 6) is 1.22. The van der Waals surface area contributed by atoms with Crippen LogP contribution in [0.5, 0.6) is 0 Å². The van der Waals surface area contributed by atoms with Crippen LogP contribution < -0.4 is 0 Å². The van der Waals surface area contributed by atoms with Crippen molar-refractivity contribution in [2.75, 3.05) is 0 Å². The molecule has 2 nitrogen and oxygen atoms in total. The van der Waals surface area contributed by atoms with Crippen molar-refractivity contribution in [1.82, 2.24) is 9.97 Å². The molecule has 0 amide bonds. The van der Waals surface area contributed by atoms with Gasteiger partial charge in [0.2, 0.25) is 0 Å². The van der Waals surface area contributed by atoms with E-state index in [2.05, 4.69) is 23.8 Å². The second-order valence-electron chi connectivity index (χ2n) is 3.99. The maximum Gasteiger partial charge on any atom is 0.130 e. The second-order valence-corrected chi connectivity index (χ2v) is 4.43. The maximum atomic E-state index is 5.94. The highest BCUT2D eigenvalue weighted by molar-refractivity contribution is 6.30. The highest BCUT2D eigenvalue weighted by Crippen LogP contribution is 2.21. The van der Waals surface area contributed by atoms with Crippen LogP contribution in [0.3, 0.4) is 0 Å². The Morgan fingerprint density at radius 2 is 1.75 bits per heavy atom. The molecule has 2 aromatic rings. The number of rotatable bonds is 2. The molecule has 1 aromatic carbocycles. The average Bonchev–Trinajstić information content (AvgIpc) is 2.29. The van der Waals surface area contributed by atoms with Crippen molar-refractivity contribution >= 4 is 11.6 Å². The molecule has 16 heavy (non-hydrogen) atoms. The van der Waals surface area contributed by atoms with Crippen molar-refractivity contribution in [1.29, 1.82) is 0 Å². The van der Waals surface area contributed by atoms with E-state index in [1.54, 1.807) is 0 Å². The van der Waals surface area contributed by atoms with Crippen molar-refractivity contribution in [2.24, 2.45) is 0 Å². The van der Waals surface area contributed by atoms with Gasteiger partial charge in [0, 0.05) is 28.9 Å². The molecule has 0 aliphatic heterocycles. The van der Waals surface area contributed by atoms with Crippen LogP contribution >= 0.6 is 11.6 Å². The van der Waals surface area contributed by atoms with Crippen LogP contribution in [0.4, 0.5) is 0 Å². The van der Waals surface area contributed by atoms with Crippen molar-refractivity contribution < 1.29 is 0 Å². The molecular formula is C13H13ClN2. The molecule has 2 rings (SSSR count). The Morgan fingerprint density at radius 3 is 2.31 bits per heavy atom. The molecule has 0 saturated heterocycles. The van der Waals surface area contributed by atoms with Crippen LogP contribution in [-0.2, 0) is 0 Å². The summed E-state index contributed by atoms with van der Waals surface area (Å²) in [5, 5.41) is 0.727. The van der Waals surface area contributed by atoms with Gasteiger partial charge in [-0.15, -0.1) is 0 Å². The van der Waals surface area contributed by atoms with Gasteiger partial charge in [0.15, 0.2) is 0 Å². The molecule has 3 heteroatoms. The van der Waals surface area contributed by atoms with E-state index in [1.807, 2.05) is 36.7 Å². The van der Waals surface area contributed by atoms with Crippen molar-refractivity contribution in [2.45, 2.75) is 19.8 Å². The first-order chi connectivity index (χ1) is 7.66. The number of nitrogens with zero attached hydrogens (tertiary/aromatic N) is 2. The zero-order valence-corrected chi connectivity index (χ0v) is 10.1. The molecule has 0 spiro atoms. The second kappa shape index (κ2) is 4.62. The lowest BCUT2D eigenvalue weighted by Gasteiger charge is -2.05. The first kappa shape index (κ1) is 11.1. The fraction of sp³-hybridized carbons (Fsp3) is 0.231. The van der Waals surface area contributed by atoms with Gasteiger partial charge in [-0.25, -0.2) is 9.97 Å². The summed E-state index contributed by atoms with van der Waals surface area (Å²) in [6, 6.07) is 7.69. The molecule has 0 atom stereocenters. The smallest absolute Gasteiger partial charge is 0.130 e. The Kier molecular flexibility index (Phi) is 3.20. The SMILES string of the molecule is CC(C)c1ncc(-c2cccc(Cl)c2)cn1. The van der Waals surface area contributed by atoms with Gasteiger partial charge in [0.1, 0.15) is 5.82 Å². The number of hydrogen-bond donors (Lipinski definition) is 0. The Hall–Kier alpha value is -1.41. The number of halogens is 1. The molecule has 0 N–H and O–H groups in total. The number of hydrogen-bond acceptors (Lipinski definition) is 2. The zero-order chi connectivity index (χ0) is 11.5. The summed E-state index contributed by atoms with van der Waals surface area (Å²) in [6.45, 7) is 4.16.